The maximum Gasteiger partial charge on any atom is 0.268 e. The lowest BCUT2D eigenvalue weighted by atomic mass is 10.2. The van der Waals surface area contributed by atoms with Crippen LogP contribution in [0.3, 0.4) is 0 Å². The van der Waals surface area contributed by atoms with Crippen LogP contribution in [0.25, 0.3) is 0 Å². The van der Waals surface area contributed by atoms with Crippen LogP contribution in [0.5, 0.6) is 0 Å². The van der Waals surface area contributed by atoms with Gasteiger partial charge in [-0.05, 0) is 12.8 Å². The van der Waals surface area contributed by atoms with E-state index in [1.165, 1.54) is 6.20 Å². The van der Waals surface area contributed by atoms with Gasteiger partial charge in [0.15, 0.2) is 0 Å². The Hall–Kier alpha value is -1.67. The molecule has 0 aliphatic carbocycles. The number of aromatic amines is 1. The number of H-pyrrole nitrogens is 1. The lowest BCUT2D eigenvalue weighted by Crippen LogP contribution is -2.18. The van der Waals surface area contributed by atoms with Gasteiger partial charge in [-0.15, -0.1) is 0 Å². The van der Waals surface area contributed by atoms with E-state index in [9.17, 15) is 4.79 Å². The molecule has 78 valence electrons. The molecule has 1 unspecified atom stereocenters. The van der Waals surface area contributed by atoms with Crippen LogP contribution in [-0.4, -0.2) is 22.7 Å². The number of nitrogens with one attached hydrogen (secondary N) is 1. The highest BCUT2D eigenvalue weighted by atomic mass is 16.5. The Kier molecular flexibility index (Phi) is 2.79. The van der Waals surface area contributed by atoms with Crippen molar-refractivity contribution in [2.45, 2.75) is 25.4 Å². The quantitative estimate of drug-likeness (QED) is 0.756. The predicted octanol–water partition coefficient (Wildman–Crippen LogP) is 0.363. The van der Waals surface area contributed by atoms with Crippen molar-refractivity contribution in [3.8, 4) is 6.07 Å². The minimum absolute atomic E-state index is 0.0473. The zero-order valence-corrected chi connectivity index (χ0v) is 8.19. The van der Waals surface area contributed by atoms with Gasteiger partial charge in [0.1, 0.15) is 17.5 Å². The van der Waals surface area contributed by atoms with Crippen LogP contribution in [0.1, 0.15) is 24.2 Å². The summed E-state index contributed by atoms with van der Waals surface area (Å²) in [5, 5.41) is 8.56. The fraction of sp³-hybridized carbons (Fsp3) is 0.500. The van der Waals surface area contributed by atoms with Crippen molar-refractivity contribution >= 4 is 0 Å². The van der Waals surface area contributed by atoms with Gasteiger partial charge in [0.05, 0.1) is 12.3 Å². The minimum Gasteiger partial charge on any atom is -0.378 e. The van der Waals surface area contributed by atoms with Crippen molar-refractivity contribution in [1.82, 2.24) is 9.97 Å². The summed E-state index contributed by atoms with van der Waals surface area (Å²) < 4.78 is 5.43. The van der Waals surface area contributed by atoms with Gasteiger partial charge in [0.2, 0.25) is 0 Å². The van der Waals surface area contributed by atoms with Crippen LogP contribution in [0.2, 0.25) is 0 Å². The molecule has 2 rings (SSSR count). The van der Waals surface area contributed by atoms with Crippen molar-refractivity contribution in [2.24, 2.45) is 0 Å². The summed E-state index contributed by atoms with van der Waals surface area (Å²) in [5.41, 5.74) is -0.327. The Bertz CT molecular complexity index is 441. The normalized spacial score (nSPS) is 20.1. The second kappa shape index (κ2) is 4.24. The number of hydrogen-bond acceptors (Lipinski definition) is 4. The summed E-state index contributed by atoms with van der Waals surface area (Å²) in [7, 11) is 0. The molecule has 1 atom stereocenters. The maximum atomic E-state index is 11.3. The van der Waals surface area contributed by atoms with Crippen molar-refractivity contribution in [3.05, 3.63) is 27.9 Å². The average molecular weight is 205 g/mol. The van der Waals surface area contributed by atoms with Crippen LogP contribution >= 0.6 is 0 Å². The molecular weight excluding hydrogens is 194 g/mol. The summed E-state index contributed by atoms with van der Waals surface area (Å²) in [5.74, 6) is 0.589. The number of ether oxygens (including phenoxy) is 1. The second-order valence-corrected chi connectivity index (χ2v) is 3.52. The molecule has 1 fully saturated rings. The molecule has 0 aromatic carbocycles. The van der Waals surface area contributed by atoms with E-state index in [-0.39, 0.29) is 17.2 Å². The van der Waals surface area contributed by atoms with Crippen molar-refractivity contribution < 1.29 is 4.74 Å². The first kappa shape index (κ1) is 9.87. The van der Waals surface area contributed by atoms with Gasteiger partial charge in [0.25, 0.3) is 5.56 Å². The van der Waals surface area contributed by atoms with Gasteiger partial charge < -0.3 is 9.72 Å². The molecule has 0 saturated carbocycles. The number of nitriles is 1. The molecule has 0 amide bonds. The Morgan fingerprint density at radius 3 is 3.20 bits per heavy atom. The molecule has 0 bridgehead atoms. The Morgan fingerprint density at radius 2 is 2.60 bits per heavy atom. The lowest BCUT2D eigenvalue weighted by molar-refractivity contribution is 0.110. The van der Waals surface area contributed by atoms with Gasteiger partial charge in [-0.3, -0.25) is 4.79 Å². The molecule has 1 aromatic heterocycles. The van der Waals surface area contributed by atoms with Crippen LogP contribution in [0, 0.1) is 11.3 Å². The monoisotopic (exact) mass is 205 g/mol. The van der Waals surface area contributed by atoms with Gasteiger partial charge in [-0.2, -0.15) is 5.26 Å². The summed E-state index contributed by atoms with van der Waals surface area (Å²) in [6.45, 7) is 0.783. The molecule has 0 radical (unpaired) electrons. The highest BCUT2D eigenvalue weighted by Gasteiger charge is 2.17. The number of hydrogen-bond donors (Lipinski definition) is 1. The first-order chi connectivity index (χ1) is 7.29. The fourth-order valence-corrected chi connectivity index (χ4v) is 1.64. The van der Waals surface area contributed by atoms with E-state index in [1.54, 1.807) is 6.07 Å². The molecule has 15 heavy (non-hydrogen) atoms. The number of nitrogens with zero attached hydrogens (tertiary/aromatic N) is 2. The topological polar surface area (TPSA) is 78.8 Å². The third-order valence-electron chi connectivity index (χ3n) is 2.42. The molecule has 1 aliphatic rings. The molecule has 5 nitrogen and oxygen atoms in total. The largest absolute Gasteiger partial charge is 0.378 e. The van der Waals surface area contributed by atoms with Crippen molar-refractivity contribution in [2.75, 3.05) is 6.61 Å². The third kappa shape index (κ3) is 2.22. The third-order valence-corrected chi connectivity index (χ3v) is 2.42. The van der Waals surface area contributed by atoms with E-state index in [0.29, 0.717) is 12.2 Å². The highest BCUT2D eigenvalue weighted by molar-refractivity contribution is 5.22. The van der Waals surface area contributed by atoms with Gasteiger partial charge in [-0.1, -0.05) is 0 Å². The van der Waals surface area contributed by atoms with Gasteiger partial charge in [-0.25, -0.2) is 4.98 Å². The van der Waals surface area contributed by atoms with Gasteiger partial charge >= 0.3 is 0 Å². The van der Waals surface area contributed by atoms with E-state index < -0.39 is 0 Å². The first-order valence-corrected chi connectivity index (χ1v) is 4.89. The molecule has 1 aromatic rings. The number of rotatable bonds is 2. The van der Waals surface area contributed by atoms with Crippen LogP contribution in [0.4, 0.5) is 0 Å². The Labute approximate surface area is 86.7 Å². The first-order valence-electron chi connectivity index (χ1n) is 4.89. The average Bonchev–Trinajstić information content (AvgIpc) is 2.71. The Balaban J connectivity index is 2.13. The van der Waals surface area contributed by atoms with Crippen LogP contribution in [0.15, 0.2) is 11.0 Å². The Morgan fingerprint density at radius 1 is 1.73 bits per heavy atom. The van der Waals surface area contributed by atoms with E-state index in [2.05, 4.69) is 9.97 Å². The zero-order valence-electron chi connectivity index (χ0n) is 8.19. The van der Waals surface area contributed by atoms with E-state index in [0.717, 1.165) is 19.4 Å². The molecular formula is C10H11N3O2. The van der Waals surface area contributed by atoms with E-state index in [1.807, 2.05) is 0 Å². The molecule has 0 spiro atoms. The highest BCUT2D eigenvalue weighted by Crippen LogP contribution is 2.14. The second-order valence-electron chi connectivity index (χ2n) is 3.52. The molecule has 1 N–H and O–H groups in total. The predicted molar refractivity (Wildman–Crippen MR) is 52.3 cm³/mol. The minimum atomic E-state index is -0.375. The fourth-order valence-electron chi connectivity index (χ4n) is 1.64. The molecule has 5 heteroatoms. The van der Waals surface area contributed by atoms with Crippen molar-refractivity contribution in [1.29, 1.82) is 5.26 Å². The molecule has 2 heterocycles. The molecule has 1 aliphatic heterocycles. The summed E-state index contributed by atoms with van der Waals surface area (Å²) >= 11 is 0. The summed E-state index contributed by atoms with van der Waals surface area (Å²) in [4.78, 5) is 17.9. The standard InChI is InChI=1S/C10H11N3O2/c11-5-7-6-12-9(13-10(7)14)4-8-2-1-3-15-8/h6,8H,1-4H2,(H,12,13,14). The zero-order chi connectivity index (χ0) is 10.7. The summed E-state index contributed by atoms with van der Waals surface area (Å²) in [6, 6.07) is 1.78. The van der Waals surface area contributed by atoms with E-state index in [4.69, 9.17) is 10.00 Å². The van der Waals surface area contributed by atoms with Crippen molar-refractivity contribution in [3.63, 3.8) is 0 Å². The lowest BCUT2D eigenvalue weighted by Gasteiger charge is -2.07. The van der Waals surface area contributed by atoms with Crippen LogP contribution < -0.4 is 5.56 Å². The smallest absolute Gasteiger partial charge is 0.268 e. The van der Waals surface area contributed by atoms with Gasteiger partial charge in [0, 0.05) is 13.0 Å². The maximum absolute atomic E-state index is 11.3. The van der Waals surface area contributed by atoms with Crippen LogP contribution in [-0.2, 0) is 11.2 Å². The SMILES string of the molecule is N#Cc1cnc(CC2CCCO2)[nH]c1=O. The summed E-state index contributed by atoms with van der Waals surface area (Å²) in [6.07, 6.45) is 4.14. The number of aromatic nitrogens is 2. The van der Waals surface area contributed by atoms with E-state index >= 15 is 0 Å². The molecule has 1 saturated heterocycles.